The molecule has 1 amide bonds. The van der Waals surface area contributed by atoms with E-state index in [2.05, 4.69) is 22.2 Å². The van der Waals surface area contributed by atoms with Crippen LogP contribution in [-0.4, -0.2) is 54.4 Å². The molecule has 0 bridgehead atoms. The van der Waals surface area contributed by atoms with Gasteiger partial charge in [0.05, 0.1) is 7.11 Å². The first kappa shape index (κ1) is 20.0. The average Bonchev–Trinajstić information content (AvgIpc) is 3.25. The van der Waals surface area contributed by atoms with E-state index in [9.17, 15) is 9.90 Å². The van der Waals surface area contributed by atoms with E-state index in [1.165, 1.54) is 0 Å². The van der Waals surface area contributed by atoms with Gasteiger partial charge in [0, 0.05) is 37.4 Å². The zero-order chi connectivity index (χ0) is 21.1. The van der Waals surface area contributed by atoms with Crippen LogP contribution >= 0.6 is 0 Å². The molecule has 156 valence electrons. The number of aromatic nitrogens is 1. The van der Waals surface area contributed by atoms with E-state index >= 15 is 0 Å². The summed E-state index contributed by atoms with van der Waals surface area (Å²) in [6.07, 6.45) is -0.936. The third kappa shape index (κ3) is 3.89. The lowest BCUT2D eigenvalue weighted by molar-refractivity contribution is 0.0735. The number of anilines is 1. The highest BCUT2D eigenvalue weighted by atomic mass is 16.5. The lowest BCUT2D eigenvalue weighted by Crippen LogP contribution is -2.49. The maximum atomic E-state index is 13.4. The molecule has 0 aliphatic carbocycles. The molecule has 1 aliphatic rings. The highest BCUT2D eigenvalue weighted by Gasteiger charge is 2.31. The van der Waals surface area contributed by atoms with Crippen LogP contribution in [0.25, 0.3) is 11.3 Å². The number of benzene rings is 2. The Labute approximate surface area is 175 Å². The smallest absolute Gasteiger partial charge is 0.259 e. The number of piperazine rings is 1. The first-order chi connectivity index (χ1) is 14.6. The van der Waals surface area contributed by atoms with Crippen LogP contribution in [-0.2, 0) is 0 Å². The molecule has 3 aromatic rings. The highest BCUT2D eigenvalue weighted by Crippen LogP contribution is 2.31. The second-order valence-electron chi connectivity index (χ2n) is 7.29. The van der Waals surface area contributed by atoms with Crippen molar-refractivity contribution in [3.05, 3.63) is 65.9 Å². The molecule has 0 radical (unpaired) electrons. The molecule has 30 heavy (non-hydrogen) atoms. The molecule has 1 aromatic heterocycles. The van der Waals surface area contributed by atoms with Crippen molar-refractivity contribution < 1.29 is 19.2 Å². The minimum atomic E-state index is -0.936. The summed E-state index contributed by atoms with van der Waals surface area (Å²) in [6, 6.07) is 17.4. The third-order valence-corrected chi connectivity index (χ3v) is 5.36. The fourth-order valence-electron chi connectivity index (χ4n) is 3.71. The van der Waals surface area contributed by atoms with Crippen LogP contribution in [0.1, 0.15) is 29.1 Å². The minimum Gasteiger partial charge on any atom is -0.497 e. The molecule has 1 N–H and O–H groups in total. The number of hydrogen-bond acceptors (Lipinski definition) is 6. The largest absolute Gasteiger partial charge is 0.497 e. The van der Waals surface area contributed by atoms with E-state index in [1.54, 1.807) is 31.1 Å². The Morgan fingerprint density at radius 1 is 1.07 bits per heavy atom. The van der Waals surface area contributed by atoms with Gasteiger partial charge < -0.3 is 24.2 Å². The molecule has 1 aliphatic heterocycles. The van der Waals surface area contributed by atoms with Gasteiger partial charge in [0.25, 0.3) is 5.91 Å². The minimum absolute atomic E-state index is 0.175. The molecule has 1 fully saturated rings. The van der Waals surface area contributed by atoms with Gasteiger partial charge in [-0.3, -0.25) is 4.79 Å². The van der Waals surface area contributed by atoms with Gasteiger partial charge in [0.2, 0.25) is 0 Å². The summed E-state index contributed by atoms with van der Waals surface area (Å²) >= 11 is 0. The Morgan fingerprint density at radius 2 is 1.73 bits per heavy atom. The number of aliphatic hydroxyl groups is 1. The summed E-state index contributed by atoms with van der Waals surface area (Å²) in [7, 11) is 1.60. The van der Waals surface area contributed by atoms with E-state index in [0.29, 0.717) is 30.1 Å². The maximum absolute atomic E-state index is 13.4. The summed E-state index contributed by atoms with van der Waals surface area (Å²) in [6.45, 7) is 4.22. The Hall–Kier alpha value is -3.32. The van der Waals surface area contributed by atoms with Crippen LogP contribution in [0, 0.1) is 0 Å². The van der Waals surface area contributed by atoms with Crippen LogP contribution < -0.4 is 9.64 Å². The van der Waals surface area contributed by atoms with E-state index in [0.717, 1.165) is 24.3 Å². The molecule has 4 rings (SSSR count). The van der Waals surface area contributed by atoms with Gasteiger partial charge in [0.1, 0.15) is 23.1 Å². The van der Waals surface area contributed by atoms with Crippen LogP contribution in [0.15, 0.2) is 59.1 Å². The molecular weight excluding hydrogens is 382 g/mol. The van der Waals surface area contributed by atoms with Crippen LogP contribution in [0.4, 0.5) is 5.69 Å². The van der Waals surface area contributed by atoms with Gasteiger partial charge in [0.15, 0.2) is 5.76 Å². The van der Waals surface area contributed by atoms with Gasteiger partial charge in [-0.2, -0.15) is 0 Å². The standard InChI is InChI=1S/C23H25N3O4/c1-16(27)22-20(21(24-30-22)17-8-10-19(29-2)11-9-17)23(28)26-14-12-25(13-15-26)18-6-4-3-5-7-18/h3-11,16,27H,12-15H2,1-2H3. The van der Waals surface area contributed by atoms with Gasteiger partial charge in [-0.25, -0.2) is 0 Å². The van der Waals surface area contributed by atoms with Crippen molar-refractivity contribution >= 4 is 11.6 Å². The number of hydrogen-bond donors (Lipinski definition) is 1. The van der Waals surface area contributed by atoms with Crippen molar-refractivity contribution in [2.24, 2.45) is 0 Å². The predicted molar refractivity (Wildman–Crippen MR) is 114 cm³/mol. The fraction of sp³-hybridized carbons (Fsp3) is 0.304. The van der Waals surface area contributed by atoms with Crippen molar-refractivity contribution in [3.8, 4) is 17.0 Å². The Morgan fingerprint density at radius 3 is 2.33 bits per heavy atom. The van der Waals surface area contributed by atoms with Crippen LogP contribution in [0.5, 0.6) is 5.75 Å². The number of amides is 1. The summed E-state index contributed by atoms with van der Waals surface area (Å²) in [5.74, 6) is 0.727. The van der Waals surface area contributed by atoms with Crippen molar-refractivity contribution in [1.29, 1.82) is 0 Å². The number of nitrogens with zero attached hydrogens (tertiary/aromatic N) is 3. The first-order valence-corrected chi connectivity index (χ1v) is 10.00. The molecule has 1 unspecified atom stereocenters. The topological polar surface area (TPSA) is 79.0 Å². The molecule has 2 heterocycles. The Kier molecular flexibility index (Phi) is 5.72. The third-order valence-electron chi connectivity index (χ3n) is 5.36. The molecule has 1 atom stereocenters. The van der Waals surface area contributed by atoms with Crippen LogP contribution in [0.2, 0.25) is 0 Å². The lowest BCUT2D eigenvalue weighted by Gasteiger charge is -2.36. The number of aliphatic hydroxyl groups excluding tert-OH is 1. The van der Waals surface area contributed by atoms with E-state index in [4.69, 9.17) is 9.26 Å². The molecule has 1 saturated heterocycles. The zero-order valence-corrected chi connectivity index (χ0v) is 17.1. The fourth-order valence-corrected chi connectivity index (χ4v) is 3.71. The summed E-state index contributed by atoms with van der Waals surface area (Å²) in [4.78, 5) is 17.5. The number of ether oxygens (including phenoxy) is 1. The maximum Gasteiger partial charge on any atom is 0.259 e. The van der Waals surface area contributed by atoms with E-state index < -0.39 is 6.10 Å². The van der Waals surface area contributed by atoms with Gasteiger partial charge in [-0.05, 0) is 43.3 Å². The van der Waals surface area contributed by atoms with Crippen LogP contribution in [0.3, 0.4) is 0 Å². The normalized spacial score (nSPS) is 15.2. The molecular formula is C23H25N3O4. The monoisotopic (exact) mass is 407 g/mol. The highest BCUT2D eigenvalue weighted by molar-refractivity contribution is 6.01. The van der Waals surface area contributed by atoms with Gasteiger partial charge in [-0.1, -0.05) is 23.4 Å². The van der Waals surface area contributed by atoms with Crippen molar-refractivity contribution in [3.63, 3.8) is 0 Å². The first-order valence-electron chi connectivity index (χ1n) is 10.00. The molecule has 0 spiro atoms. The number of para-hydroxylation sites is 1. The second kappa shape index (κ2) is 8.59. The number of rotatable bonds is 5. The van der Waals surface area contributed by atoms with Gasteiger partial charge >= 0.3 is 0 Å². The SMILES string of the molecule is COc1ccc(-c2noc(C(C)O)c2C(=O)N2CCN(c3ccccc3)CC2)cc1. The Bertz CT molecular complexity index is 991. The molecule has 0 saturated carbocycles. The quantitative estimate of drug-likeness (QED) is 0.699. The van der Waals surface area contributed by atoms with E-state index in [-0.39, 0.29) is 11.7 Å². The number of methoxy groups -OCH3 is 1. The predicted octanol–water partition coefficient (Wildman–Crippen LogP) is 3.37. The summed E-state index contributed by atoms with van der Waals surface area (Å²) in [5.41, 5.74) is 2.64. The van der Waals surface area contributed by atoms with Gasteiger partial charge in [-0.15, -0.1) is 0 Å². The lowest BCUT2D eigenvalue weighted by atomic mass is 10.0. The number of carbonyl (C=O) groups excluding carboxylic acids is 1. The van der Waals surface area contributed by atoms with Crippen molar-refractivity contribution in [2.75, 3.05) is 38.2 Å². The number of carbonyl (C=O) groups is 1. The molecule has 7 nitrogen and oxygen atoms in total. The second-order valence-corrected chi connectivity index (χ2v) is 7.29. The Balaban J connectivity index is 1.58. The zero-order valence-electron chi connectivity index (χ0n) is 17.1. The molecule has 2 aromatic carbocycles. The summed E-state index contributed by atoms with van der Waals surface area (Å²) in [5, 5.41) is 14.3. The van der Waals surface area contributed by atoms with E-state index in [1.807, 2.05) is 30.3 Å². The van der Waals surface area contributed by atoms with Crippen molar-refractivity contribution in [1.82, 2.24) is 10.1 Å². The summed E-state index contributed by atoms with van der Waals surface area (Å²) < 4.78 is 10.6. The van der Waals surface area contributed by atoms with Crippen molar-refractivity contribution in [2.45, 2.75) is 13.0 Å². The molecule has 7 heteroatoms. The average molecular weight is 407 g/mol.